The van der Waals surface area contributed by atoms with Crippen LogP contribution in [-0.2, 0) is 13.2 Å². The maximum Gasteiger partial charge on any atom is 0.254 e. The van der Waals surface area contributed by atoms with Gasteiger partial charge < -0.3 is 9.64 Å². The average molecular weight is 422 g/mol. The molecule has 0 spiro atoms. The number of benzene rings is 2. The topological polar surface area (TPSA) is 45.7 Å². The summed E-state index contributed by atoms with van der Waals surface area (Å²) in [5, 5.41) is 3.03. The molecule has 1 atom stereocenters. The summed E-state index contributed by atoms with van der Waals surface area (Å²) in [6.07, 6.45) is 0. The van der Waals surface area contributed by atoms with Crippen LogP contribution in [0, 0.1) is 6.92 Å². The van der Waals surface area contributed by atoms with Gasteiger partial charge in [-0.1, -0.05) is 36.4 Å². The van der Waals surface area contributed by atoms with Gasteiger partial charge in [-0.15, -0.1) is 11.3 Å². The van der Waals surface area contributed by atoms with Crippen LogP contribution in [0.3, 0.4) is 0 Å². The normalized spacial score (nSPS) is 17.1. The second kappa shape index (κ2) is 9.41. The van der Waals surface area contributed by atoms with Crippen molar-refractivity contribution in [3.63, 3.8) is 0 Å². The molecule has 0 aliphatic carbocycles. The van der Waals surface area contributed by atoms with Crippen molar-refractivity contribution in [3.05, 3.63) is 81.8 Å². The molecule has 1 saturated heterocycles. The molecule has 156 valence electrons. The molecule has 1 amide bonds. The maximum atomic E-state index is 13.1. The van der Waals surface area contributed by atoms with Gasteiger partial charge >= 0.3 is 0 Å². The molecular weight excluding hydrogens is 394 g/mol. The van der Waals surface area contributed by atoms with E-state index in [4.69, 9.17) is 4.74 Å². The number of thiazole rings is 1. The van der Waals surface area contributed by atoms with E-state index in [0.717, 1.165) is 36.9 Å². The maximum absolute atomic E-state index is 13.1. The monoisotopic (exact) mass is 421 g/mol. The zero-order chi connectivity index (χ0) is 20.9. The molecule has 6 heteroatoms. The fraction of sp³-hybridized carbons (Fsp3) is 0.333. The Morgan fingerprint density at radius 3 is 2.73 bits per heavy atom. The molecule has 30 heavy (non-hydrogen) atoms. The number of carbonyl (C=O) groups is 1. The molecule has 1 aliphatic rings. The van der Waals surface area contributed by atoms with Crippen LogP contribution in [0.15, 0.2) is 60.0 Å². The van der Waals surface area contributed by atoms with Crippen molar-refractivity contribution in [2.45, 2.75) is 33.0 Å². The van der Waals surface area contributed by atoms with Crippen LogP contribution in [0.25, 0.3) is 0 Å². The van der Waals surface area contributed by atoms with Gasteiger partial charge in [0.2, 0.25) is 0 Å². The highest BCUT2D eigenvalue weighted by Crippen LogP contribution is 2.20. The smallest absolute Gasteiger partial charge is 0.254 e. The Kier molecular flexibility index (Phi) is 6.45. The highest BCUT2D eigenvalue weighted by Gasteiger charge is 2.28. The van der Waals surface area contributed by atoms with Crippen LogP contribution in [0.1, 0.15) is 33.5 Å². The van der Waals surface area contributed by atoms with Gasteiger partial charge in [0.25, 0.3) is 5.91 Å². The van der Waals surface area contributed by atoms with Gasteiger partial charge in [0.1, 0.15) is 12.4 Å². The highest BCUT2D eigenvalue weighted by atomic mass is 32.1. The first-order chi connectivity index (χ1) is 14.6. The van der Waals surface area contributed by atoms with Crippen LogP contribution >= 0.6 is 11.3 Å². The number of aromatic nitrogens is 1. The summed E-state index contributed by atoms with van der Waals surface area (Å²) in [4.78, 5) is 22.0. The van der Waals surface area contributed by atoms with E-state index in [-0.39, 0.29) is 11.9 Å². The zero-order valence-corrected chi connectivity index (χ0v) is 18.3. The summed E-state index contributed by atoms with van der Waals surface area (Å²) in [6, 6.07) is 18.1. The van der Waals surface area contributed by atoms with E-state index in [1.807, 2.05) is 47.5 Å². The highest BCUT2D eigenvalue weighted by molar-refractivity contribution is 7.09. The van der Waals surface area contributed by atoms with Crippen molar-refractivity contribution in [3.8, 4) is 5.75 Å². The molecule has 1 fully saturated rings. The quantitative estimate of drug-likeness (QED) is 0.593. The van der Waals surface area contributed by atoms with E-state index in [2.05, 4.69) is 41.1 Å². The number of aryl methyl sites for hydroxylation is 1. The van der Waals surface area contributed by atoms with Crippen molar-refractivity contribution >= 4 is 17.2 Å². The molecule has 0 saturated carbocycles. The van der Waals surface area contributed by atoms with Crippen LogP contribution in [0.4, 0.5) is 0 Å². The fourth-order valence-electron chi connectivity index (χ4n) is 3.84. The Bertz CT molecular complexity index is 989. The second-order valence-electron chi connectivity index (χ2n) is 7.74. The predicted octanol–water partition coefficient (Wildman–Crippen LogP) is 4.38. The van der Waals surface area contributed by atoms with Crippen molar-refractivity contribution in [1.82, 2.24) is 14.8 Å². The Morgan fingerprint density at radius 2 is 2.00 bits per heavy atom. The van der Waals surface area contributed by atoms with Crippen LogP contribution in [0.2, 0.25) is 0 Å². The Balaban J connectivity index is 1.36. The lowest BCUT2D eigenvalue weighted by atomic mass is 10.1. The van der Waals surface area contributed by atoms with Crippen LogP contribution in [-0.4, -0.2) is 46.4 Å². The van der Waals surface area contributed by atoms with E-state index in [1.54, 1.807) is 11.3 Å². The number of rotatable bonds is 6. The van der Waals surface area contributed by atoms with E-state index < -0.39 is 0 Å². The molecule has 2 aromatic carbocycles. The first-order valence-corrected chi connectivity index (χ1v) is 11.2. The van der Waals surface area contributed by atoms with Gasteiger partial charge in [-0.05, 0) is 37.6 Å². The van der Waals surface area contributed by atoms with Gasteiger partial charge in [0.05, 0.1) is 10.7 Å². The molecule has 0 unspecified atom stereocenters. The lowest BCUT2D eigenvalue weighted by molar-refractivity contribution is 0.0475. The van der Waals surface area contributed by atoms with Crippen molar-refractivity contribution in [2.75, 3.05) is 19.6 Å². The first-order valence-electron chi connectivity index (χ1n) is 10.3. The molecule has 5 nitrogen and oxygen atoms in total. The van der Waals surface area contributed by atoms with Crippen molar-refractivity contribution < 1.29 is 9.53 Å². The molecule has 1 aromatic heterocycles. The fourth-order valence-corrected chi connectivity index (χ4v) is 4.43. The van der Waals surface area contributed by atoms with E-state index >= 15 is 0 Å². The molecule has 1 aliphatic heterocycles. The zero-order valence-electron chi connectivity index (χ0n) is 17.5. The van der Waals surface area contributed by atoms with Gasteiger partial charge in [-0.25, -0.2) is 4.98 Å². The number of piperazine rings is 1. The minimum absolute atomic E-state index is 0.0665. The number of hydrogen-bond acceptors (Lipinski definition) is 5. The van der Waals surface area contributed by atoms with Gasteiger partial charge in [-0.2, -0.15) is 0 Å². The van der Waals surface area contributed by atoms with Crippen molar-refractivity contribution in [1.29, 1.82) is 0 Å². The number of carbonyl (C=O) groups excluding carboxylic acids is 1. The lowest BCUT2D eigenvalue weighted by Gasteiger charge is -2.40. The molecule has 0 N–H and O–H groups in total. The predicted molar refractivity (Wildman–Crippen MR) is 120 cm³/mol. The molecule has 3 aromatic rings. The summed E-state index contributed by atoms with van der Waals surface area (Å²) < 4.78 is 5.86. The number of ether oxygens (including phenoxy) is 1. The molecule has 2 heterocycles. The summed E-state index contributed by atoms with van der Waals surface area (Å²) in [7, 11) is 0. The SMILES string of the molecule is Cc1nc(COc2cccc(C(=O)N3CCN(Cc4ccccc4)C[C@H]3C)c2)cs1. The van der Waals surface area contributed by atoms with Gasteiger partial charge in [0.15, 0.2) is 0 Å². The molecule has 0 radical (unpaired) electrons. The largest absolute Gasteiger partial charge is 0.487 e. The number of nitrogens with zero attached hydrogens (tertiary/aromatic N) is 3. The minimum Gasteiger partial charge on any atom is -0.487 e. The number of hydrogen-bond donors (Lipinski definition) is 0. The Labute approximate surface area is 181 Å². The lowest BCUT2D eigenvalue weighted by Crippen LogP contribution is -2.53. The third kappa shape index (κ3) is 5.07. The standard InChI is InChI=1S/C24H27N3O2S/c1-18-14-26(15-20-7-4-3-5-8-20)11-12-27(18)24(28)21-9-6-10-23(13-21)29-16-22-17-30-19(2)25-22/h3-10,13,17-18H,11-12,14-16H2,1-2H3/t18-/m1/s1. The van der Waals surface area contributed by atoms with Crippen molar-refractivity contribution in [2.24, 2.45) is 0 Å². The first kappa shape index (κ1) is 20.6. The average Bonchev–Trinajstić information content (AvgIpc) is 3.18. The Morgan fingerprint density at radius 1 is 1.17 bits per heavy atom. The second-order valence-corrected chi connectivity index (χ2v) is 8.80. The summed E-state index contributed by atoms with van der Waals surface area (Å²) in [5.41, 5.74) is 2.90. The molecule has 0 bridgehead atoms. The van der Waals surface area contributed by atoms with E-state index in [1.165, 1.54) is 5.56 Å². The molecular formula is C24H27N3O2S. The van der Waals surface area contributed by atoms with Gasteiger partial charge in [-0.3, -0.25) is 9.69 Å². The van der Waals surface area contributed by atoms with Crippen LogP contribution < -0.4 is 4.74 Å². The third-order valence-electron chi connectivity index (χ3n) is 5.36. The number of amides is 1. The molecule has 4 rings (SSSR count). The minimum atomic E-state index is 0.0665. The third-order valence-corrected chi connectivity index (χ3v) is 6.18. The van der Waals surface area contributed by atoms with E-state index in [9.17, 15) is 4.79 Å². The van der Waals surface area contributed by atoms with Gasteiger partial charge in [0, 0.05) is 43.2 Å². The van der Waals surface area contributed by atoms with E-state index in [0.29, 0.717) is 17.9 Å². The van der Waals surface area contributed by atoms with Crippen LogP contribution in [0.5, 0.6) is 5.75 Å². The summed E-state index contributed by atoms with van der Waals surface area (Å²) in [5.74, 6) is 0.763. The summed E-state index contributed by atoms with van der Waals surface area (Å²) in [6.45, 7) is 7.93. The summed E-state index contributed by atoms with van der Waals surface area (Å²) >= 11 is 1.61. The Hall–Kier alpha value is -2.70.